The van der Waals surface area contributed by atoms with Crippen LogP contribution in [0.25, 0.3) is 16.2 Å². The maximum atomic E-state index is 12.4. The summed E-state index contributed by atoms with van der Waals surface area (Å²) in [6.45, 7) is 2.02. The summed E-state index contributed by atoms with van der Waals surface area (Å²) < 4.78 is 2.00. The molecule has 0 unspecified atom stereocenters. The van der Waals surface area contributed by atoms with Crippen molar-refractivity contribution in [2.75, 3.05) is 5.32 Å². The Morgan fingerprint density at radius 2 is 2.08 bits per heavy atom. The molecule has 0 atom stereocenters. The fourth-order valence-electron chi connectivity index (χ4n) is 2.81. The number of fused-ring (bicyclic) bond motifs is 1. The summed E-state index contributed by atoms with van der Waals surface area (Å²) in [5.41, 5.74) is 4.86. The molecule has 25 heavy (non-hydrogen) atoms. The first-order chi connectivity index (χ1) is 12.2. The van der Waals surface area contributed by atoms with E-state index >= 15 is 0 Å². The molecule has 0 saturated carbocycles. The highest BCUT2D eigenvalue weighted by atomic mass is 32.1. The topological polar surface area (TPSA) is 46.4 Å². The minimum absolute atomic E-state index is 0.0164. The largest absolute Gasteiger partial charge is 0.326 e. The number of rotatable bonds is 4. The Morgan fingerprint density at radius 1 is 1.20 bits per heavy atom. The van der Waals surface area contributed by atoms with Crippen LogP contribution in [0.5, 0.6) is 0 Å². The Hall–Kier alpha value is -2.92. The first kappa shape index (κ1) is 15.6. The van der Waals surface area contributed by atoms with Gasteiger partial charge in [-0.2, -0.15) is 0 Å². The fraction of sp³-hybridized carbons (Fsp3) is 0.100. The molecule has 2 aromatic heterocycles. The van der Waals surface area contributed by atoms with Gasteiger partial charge in [-0.3, -0.25) is 9.20 Å². The van der Waals surface area contributed by atoms with Crippen molar-refractivity contribution in [2.24, 2.45) is 0 Å². The number of hydrogen-bond donors (Lipinski definition) is 1. The highest BCUT2D eigenvalue weighted by molar-refractivity contribution is 7.15. The van der Waals surface area contributed by atoms with Crippen LogP contribution < -0.4 is 5.32 Å². The van der Waals surface area contributed by atoms with Gasteiger partial charge in [-0.25, -0.2) is 4.98 Å². The number of carbonyl (C=O) groups excluding carboxylic acids is 1. The van der Waals surface area contributed by atoms with Crippen molar-refractivity contribution < 1.29 is 4.79 Å². The van der Waals surface area contributed by atoms with E-state index in [-0.39, 0.29) is 5.91 Å². The molecular formula is C20H17N3OS. The van der Waals surface area contributed by atoms with Gasteiger partial charge in [0.1, 0.15) is 0 Å². The number of nitrogens with zero attached hydrogens (tertiary/aromatic N) is 2. The Morgan fingerprint density at radius 3 is 2.92 bits per heavy atom. The second kappa shape index (κ2) is 6.53. The van der Waals surface area contributed by atoms with Crippen LogP contribution in [0, 0.1) is 6.92 Å². The van der Waals surface area contributed by atoms with E-state index in [1.165, 1.54) is 0 Å². The molecule has 2 aromatic carbocycles. The molecule has 0 aliphatic rings. The average Bonchev–Trinajstić information content (AvgIpc) is 3.19. The van der Waals surface area contributed by atoms with Gasteiger partial charge in [0, 0.05) is 29.0 Å². The first-order valence-electron chi connectivity index (χ1n) is 8.06. The number of imidazole rings is 1. The predicted molar refractivity (Wildman–Crippen MR) is 102 cm³/mol. The molecule has 0 bridgehead atoms. The van der Waals surface area contributed by atoms with Crippen LogP contribution in [-0.4, -0.2) is 15.3 Å². The van der Waals surface area contributed by atoms with Gasteiger partial charge in [-0.15, -0.1) is 11.3 Å². The lowest BCUT2D eigenvalue weighted by Crippen LogP contribution is -2.15. The first-order valence-corrected chi connectivity index (χ1v) is 8.94. The van der Waals surface area contributed by atoms with Crippen molar-refractivity contribution >= 4 is 27.9 Å². The smallest absolute Gasteiger partial charge is 0.228 e. The minimum atomic E-state index is -0.0164. The molecule has 0 aliphatic carbocycles. The van der Waals surface area contributed by atoms with E-state index in [1.807, 2.05) is 77.6 Å². The van der Waals surface area contributed by atoms with E-state index < -0.39 is 0 Å². The summed E-state index contributed by atoms with van der Waals surface area (Å²) in [6, 6.07) is 15.8. The van der Waals surface area contributed by atoms with Crippen LogP contribution >= 0.6 is 11.3 Å². The van der Waals surface area contributed by atoms with Crippen LogP contribution in [-0.2, 0) is 11.2 Å². The standard InChI is InChI=1S/C20H17N3OS/c1-14-5-2-3-6-15(14)12-19(24)21-17-8-4-7-16(11-17)18-13-23-9-10-25-20(23)22-18/h2-11,13H,12H2,1H3,(H,21,24). The van der Waals surface area contributed by atoms with E-state index in [4.69, 9.17) is 0 Å². The van der Waals surface area contributed by atoms with E-state index in [1.54, 1.807) is 11.3 Å². The second-order valence-electron chi connectivity index (χ2n) is 5.95. The van der Waals surface area contributed by atoms with Crippen LogP contribution in [0.15, 0.2) is 66.3 Å². The molecule has 4 rings (SSSR count). The lowest BCUT2D eigenvalue weighted by atomic mass is 10.1. The highest BCUT2D eigenvalue weighted by Gasteiger charge is 2.09. The SMILES string of the molecule is Cc1ccccc1CC(=O)Nc1cccc(-c2cn3ccsc3n2)c1. The summed E-state index contributed by atoms with van der Waals surface area (Å²) in [7, 11) is 0. The average molecular weight is 347 g/mol. The van der Waals surface area contributed by atoms with Crippen LogP contribution in [0.1, 0.15) is 11.1 Å². The quantitative estimate of drug-likeness (QED) is 0.588. The third-order valence-electron chi connectivity index (χ3n) is 4.15. The molecule has 2 heterocycles. The molecule has 124 valence electrons. The number of carbonyl (C=O) groups is 1. The Labute approximate surface area is 149 Å². The van der Waals surface area contributed by atoms with Gasteiger partial charge >= 0.3 is 0 Å². The van der Waals surface area contributed by atoms with Gasteiger partial charge in [0.25, 0.3) is 0 Å². The maximum absolute atomic E-state index is 12.4. The number of aryl methyl sites for hydroxylation is 1. The van der Waals surface area contributed by atoms with Crippen molar-refractivity contribution in [3.05, 3.63) is 77.4 Å². The van der Waals surface area contributed by atoms with E-state index in [2.05, 4.69) is 10.3 Å². The predicted octanol–water partition coefficient (Wildman–Crippen LogP) is 4.55. The zero-order valence-electron chi connectivity index (χ0n) is 13.8. The lowest BCUT2D eigenvalue weighted by molar-refractivity contribution is -0.115. The van der Waals surface area contributed by atoms with Crippen LogP contribution in [0.4, 0.5) is 5.69 Å². The fourth-order valence-corrected chi connectivity index (χ4v) is 3.51. The zero-order chi connectivity index (χ0) is 17.2. The zero-order valence-corrected chi connectivity index (χ0v) is 14.6. The molecule has 0 spiro atoms. The summed E-state index contributed by atoms with van der Waals surface area (Å²) in [6.07, 6.45) is 4.36. The molecule has 4 nitrogen and oxygen atoms in total. The Balaban J connectivity index is 1.52. The van der Waals surface area contributed by atoms with Gasteiger partial charge in [-0.1, -0.05) is 36.4 Å². The van der Waals surface area contributed by atoms with E-state index in [9.17, 15) is 4.79 Å². The molecule has 0 aliphatic heterocycles. The monoisotopic (exact) mass is 347 g/mol. The van der Waals surface area contributed by atoms with E-state index in [0.717, 1.165) is 33.0 Å². The lowest BCUT2D eigenvalue weighted by Gasteiger charge is -2.08. The third-order valence-corrected chi connectivity index (χ3v) is 4.92. The van der Waals surface area contributed by atoms with Crippen molar-refractivity contribution in [3.63, 3.8) is 0 Å². The van der Waals surface area contributed by atoms with Gasteiger partial charge in [-0.05, 0) is 30.2 Å². The summed E-state index contributed by atoms with van der Waals surface area (Å²) >= 11 is 1.60. The number of nitrogens with one attached hydrogen (secondary N) is 1. The molecule has 1 amide bonds. The number of amides is 1. The Bertz CT molecular complexity index is 1020. The summed E-state index contributed by atoms with van der Waals surface area (Å²) in [5.74, 6) is -0.0164. The maximum Gasteiger partial charge on any atom is 0.228 e. The van der Waals surface area contributed by atoms with Gasteiger partial charge < -0.3 is 5.32 Å². The normalized spacial score (nSPS) is 10.9. The Kier molecular flexibility index (Phi) is 4.07. The second-order valence-corrected chi connectivity index (χ2v) is 6.82. The molecule has 4 aromatic rings. The van der Waals surface area contributed by atoms with E-state index in [0.29, 0.717) is 6.42 Å². The minimum Gasteiger partial charge on any atom is -0.326 e. The molecule has 1 N–H and O–H groups in total. The van der Waals surface area contributed by atoms with Crippen LogP contribution in [0.3, 0.4) is 0 Å². The number of anilines is 1. The van der Waals surface area contributed by atoms with Crippen LogP contribution in [0.2, 0.25) is 0 Å². The number of aromatic nitrogens is 2. The van der Waals surface area contributed by atoms with Gasteiger partial charge in [0.2, 0.25) is 5.91 Å². The summed E-state index contributed by atoms with van der Waals surface area (Å²) in [4.78, 5) is 17.9. The molecule has 0 fully saturated rings. The number of hydrogen-bond acceptors (Lipinski definition) is 3. The van der Waals surface area contributed by atoms with Crippen molar-refractivity contribution in [1.29, 1.82) is 0 Å². The van der Waals surface area contributed by atoms with Crippen molar-refractivity contribution in [1.82, 2.24) is 9.38 Å². The highest BCUT2D eigenvalue weighted by Crippen LogP contribution is 2.24. The van der Waals surface area contributed by atoms with Gasteiger partial charge in [0.05, 0.1) is 12.1 Å². The van der Waals surface area contributed by atoms with Crippen molar-refractivity contribution in [2.45, 2.75) is 13.3 Å². The van der Waals surface area contributed by atoms with Crippen molar-refractivity contribution in [3.8, 4) is 11.3 Å². The molecular weight excluding hydrogens is 330 g/mol. The molecule has 5 heteroatoms. The number of thiazole rings is 1. The summed E-state index contributed by atoms with van der Waals surface area (Å²) in [5, 5.41) is 4.99. The molecule has 0 radical (unpaired) electrons. The third kappa shape index (κ3) is 3.32. The number of benzene rings is 2. The van der Waals surface area contributed by atoms with Gasteiger partial charge in [0.15, 0.2) is 4.96 Å². The molecule has 0 saturated heterocycles.